The minimum absolute atomic E-state index is 0.304. The van der Waals surface area contributed by atoms with Crippen molar-refractivity contribution in [2.45, 2.75) is 39.5 Å². The molecule has 45 heavy (non-hydrogen) atoms. The summed E-state index contributed by atoms with van der Waals surface area (Å²) in [7, 11) is 1.99. The van der Waals surface area contributed by atoms with Crippen molar-refractivity contribution in [1.82, 2.24) is 24.1 Å². The van der Waals surface area contributed by atoms with Crippen LogP contribution in [0.5, 0.6) is 0 Å². The van der Waals surface area contributed by atoms with Gasteiger partial charge in [-0.3, -0.25) is 4.57 Å². The lowest BCUT2D eigenvalue weighted by atomic mass is 9.85. The highest BCUT2D eigenvalue weighted by atomic mass is 15.1. The van der Waals surface area contributed by atoms with Crippen LogP contribution in [0.15, 0.2) is 122 Å². The largest absolute Gasteiger partial charge is 0.333 e. The molecule has 0 aliphatic heterocycles. The minimum atomic E-state index is 0.304. The summed E-state index contributed by atoms with van der Waals surface area (Å²) in [4.78, 5) is 14.9. The van der Waals surface area contributed by atoms with Crippen LogP contribution < -0.4 is 0 Å². The van der Waals surface area contributed by atoms with E-state index in [1.54, 1.807) is 6.20 Å². The second-order valence-electron chi connectivity index (χ2n) is 12.3. The van der Waals surface area contributed by atoms with Crippen LogP contribution in [0.25, 0.3) is 62.0 Å². The molecule has 7 rings (SSSR count). The molecule has 0 N–H and O–H groups in total. The highest BCUT2D eigenvalue weighted by Gasteiger charge is 2.24. The van der Waals surface area contributed by atoms with Crippen molar-refractivity contribution in [2.24, 2.45) is 7.05 Å². The lowest BCUT2D eigenvalue weighted by Gasteiger charge is -2.22. The van der Waals surface area contributed by atoms with Gasteiger partial charge in [-0.2, -0.15) is 0 Å². The predicted octanol–water partition coefficient (Wildman–Crippen LogP) is 10.1. The van der Waals surface area contributed by atoms with E-state index in [2.05, 4.69) is 140 Å². The summed E-state index contributed by atoms with van der Waals surface area (Å²) in [6.07, 6.45) is 3.75. The zero-order valence-corrected chi connectivity index (χ0v) is 26.4. The Morgan fingerprint density at radius 1 is 0.578 bits per heavy atom. The van der Waals surface area contributed by atoms with E-state index < -0.39 is 0 Å². The molecule has 5 nitrogen and oxygen atoms in total. The second kappa shape index (κ2) is 11.7. The smallest absolute Gasteiger partial charge is 0.158 e. The van der Waals surface area contributed by atoms with Gasteiger partial charge in [-0.1, -0.05) is 100 Å². The fourth-order valence-corrected chi connectivity index (χ4v) is 6.23. The quantitative estimate of drug-likeness (QED) is 0.186. The highest BCUT2D eigenvalue weighted by molar-refractivity contribution is 5.89. The predicted molar refractivity (Wildman–Crippen MR) is 186 cm³/mol. The fourth-order valence-electron chi connectivity index (χ4n) is 6.23. The molecule has 0 aliphatic carbocycles. The summed E-state index contributed by atoms with van der Waals surface area (Å²) in [5.41, 5.74) is 12.2. The van der Waals surface area contributed by atoms with E-state index in [9.17, 15) is 0 Å². The number of aromatic nitrogens is 5. The maximum absolute atomic E-state index is 5.38. The normalized spacial score (nSPS) is 11.6. The molecule has 0 bridgehead atoms. The number of pyridine rings is 1. The summed E-state index contributed by atoms with van der Waals surface area (Å²) in [6, 6.07) is 38.6. The number of imidazole rings is 2. The molecule has 0 fully saturated rings. The van der Waals surface area contributed by atoms with E-state index in [1.165, 1.54) is 27.8 Å². The number of rotatable bonds is 7. The summed E-state index contributed by atoms with van der Waals surface area (Å²) < 4.78 is 4.32. The van der Waals surface area contributed by atoms with Crippen LogP contribution in [0.1, 0.15) is 50.7 Å². The Balaban J connectivity index is 1.48. The molecule has 0 atom stereocenters. The number of hydrogen-bond acceptors (Lipinski definition) is 3. The third kappa shape index (κ3) is 5.25. The van der Waals surface area contributed by atoms with Crippen LogP contribution in [0.4, 0.5) is 0 Å². The molecule has 4 aromatic carbocycles. The van der Waals surface area contributed by atoms with Gasteiger partial charge in [0.2, 0.25) is 0 Å². The highest BCUT2D eigenvalue weighted by Crippen LogP contribution is 2.42. The fraction of sp³-hybridized carbons (Fsp3) is 0.175. The molecule has 3 aromatic heterocycles. The summed E-state index contributed by atoms with van der Waals surface area (Å²) in [6.45, 7) is 9.13. The van der Waals surface area contributed by atoms with Crippen molar-refractivity contribution in [3.8, 4) is 51.0 Å². The van der Waals surface area contributed by atoms with Crippen molar-refractivity contribution in [3.63, 3.8) is 0 Å². The van der Waals surface area contributed by atoms with Gasteiger partial charge < -0.3 is 4.57 Å². The Morgan fingerprint density at radius 3 is 1.89 bits per heavy atom. The topological polar surface area (TPSA) is 48.5 Å². The SMILES string of the molecule is CC(C)c1cc(-c2ccccc2)cc(C(C)C)c1-c1nc2ccc(-c3cccc(-c4nccn4C)n3)cc2n1-c1ccccc1. The average molecular weight is 588 g/mol. The van der Waals surface area contributed by atoms with Gasteiger partial charge in [0.25, 0.3) is 0 Å². The Labute approximate surface area is 264 Å². The number of hydrogen-bond donors (Lipinski definition) is 0. The lowest BCUT2D eigenvalue weighted by molar-refractivity contribution is 0.833. The summed E-state index contributed by atoms with van der Waals surface area (Å²) in [5.74, 6) is 2.42. The molecule has 0 amide bonds. The van der Waals surface area contributed by atoms with E-state index in [0.29, 0.717) is 11.8 Å². The van der Waals surface area contributed by atoms with Gasteiger partial charge in [-0.25, -0.2) is 15.0 Å². The van der Waals surface area contributed by atoms with E-state index in [1.807, 2.05) is 23.9 Å². The van der Waals surface area contributed by atoms with Crippen LogP contribution in [0.3, 0.4) is 0 Å². The number of nitrogens with zero attached hydrogens (tertiary/aromatic N) is 5. The maximum atomic E-state index is 5.38. The van der Waals surface area contributed by atoms with Gasteiger partial charge in [-0.15, -0.1) is 0 Å². The van der Waals surface area contributed by atoms with Crippen molar-refractivity contribution in [2.75, 3.05) is 0 Å². The van der Waals surface area contributed by atoms with Crippen molar-refractivity contribution >= 4 is 11.0 Å². The van der Waals surface area contributed by atoms with Gasteiger partial charge in [0.15, 0.2) is 5.82 Å². The van der Waals surface area contributed by atoms with Crippen molar-refractivity contribution in [3.05, 3.63) is 133 Å². The minimum Gasteiger partial charge on any atom is -0.333 e. The number of para-hydroxylation sites is 1. The first-order valence-electron chi connectivity index (χ1n) is 15.7. The van der Waals surface area contributed by atoms with Crippen LogP contribution in [0.2, 0.25) is 0 Å². The second-order valence-corrected chi connectivity index (χ2v) is 12.3. The van der Waals surface area contributed by atoms with Gasteiger partial charge in [0.1, 0.15) is 11.5 Å². The summed E-state index contributed by atoms with van der Waals surface area (Å²) >= 11 is 0. The number of benzene rings is 4. The van der Waals surface area contributed by atoms with E-state index in [4.69, 9.17) is 9.97 Å². The van der Waals surface area contributed by atoms with Crippen LogP contribution in [-0.4, -0.2) is 24.1 Å². The van der Waals surface area contributed by atoms with Crippen LogP contribution in [0, 0.1) is 0 Å². The number of fused-ring (bicyclic) bond motifs is 1. The Hall–Kier alpha value is -5.29. The molecule has 222 valence electrons. The zero-order chi connectivity index (χ0) is 31.1. The third-order valence-corrected chi connectivity index (χ3v) is 8.54. The van der Waals surface area contributed by atoms with Crippen molar-refractivity contribution in [1.29, 1.82) is 0 Å². The first kappa shape index (κ1) is 28.5. The molecular formula is C40H37N5. The average Bonchev–Trinajstić information content (AvgIpc) is 3.68. The summed E-state index contributed by atoms with van der Waals surface area (Å²) in [5, 5.41) is 0. The first-order valence-corrected chi connectivity index (χ1v) is 15.7. The molecule has 5 heteroatoms. The monoisotopic (exact) mass is 587 g/mol. The third-order valence-electron chi connectivity index (χ3n) is 8.54. The van der Waals surface area contributed by atoms with Gasteiger partial charge >= 0.3 is 0 Å². The molecule has 3 heterocycles. The van der Waals surface area contributed by atoms with E-state index in [0.717, 1.165) is 45.3 Å². The number of aryl methyl sites for hydroxylation is 1. The molecule has 0 saturated heterocycles. The molecule has 0 saturated carbocycles. The maximum Gasteiger partial charge on any atom is 0.158 e. The molecule has 0 unspecified atom stereocenters. The van der Waals surface area contributed by atoms with Gasteiger partial charge in [0.05, 0.1) is 16.7 Å². The Morgan fingerprint density at radius 2 is 1.24 bits per heavy atom. The molecule has 0 radical (unpaired) electrons. The molecule has 7 aromatic rings. The van der Waals surface area contributed by atoms with Crippen molar-refractivity contribution < 1.29 is 0 Å². The Bertz CT molecular complexity index is 2090. The first-order chi connectivity index (χ1) is 21.9. The van der Waals surface area contributed by atoms with Gasteiger partial charge in [-0.05, 0) is 70.5 Å². The zero-order valence-electron chi connectivity index (χ0n) is 26.4. The van der Waals surface area contributed by atoms with Crippen LogP contribution >= 0.6 is 0 Å². The van der Waals surface area contributed by atoms with E-state index in [-0.39, 0.29) is 0 Å². The molecule has 0 spiro atoms. The molecule has 0 aliphatic rings. The molecular weight excluding hydrogens is 550 g/mol. The standard InChI is InChI=1S/C40H37N5/c1-26(2)32-23-30(28-13-8-6-9-14-28)24-33(27(3)4)38(32)40-43-35-20-19-29(25-37(35)45(40)31-15-10-7-11-16-31)34-17-12-18-36(42-34)39-41-21-22-44(39)5/h6-27H,1-5H3. The van der Waals surface area contributed by atoms with E-state index >= 15 is 0 Å². The Kier molecular flexibility index (Phi) is 7.38. The lowest BCUT2D eigenvalue weighted by Crippen LogP contribution is -2.06. The van der Waals surface area contributed by atoms with Crippen LogP contribution in [-0.2, 0) is 7.05 Å². The van der Waals surface area contributed by atoms with Gasteiger partial charge in [0, 0.05) is 36.3 Å².